The van der Waals surface area contributed by atoms with Crippen LogP contribution in [0.15, 0.2) is 195 Å². The van der Waals surface area contributed by atoms with Crippen molar-refractivity contribution in [3.8, 4) is 0 Å². The molecule has 11 unspecified atom stereocenters. The number of ether oxygens (including phenoxy) is 10. The van der Waals surface area contributed by atoms with Gasteiger partial charge in [0, 0.05) is 25.4 Å². The number of thioether (sulfide) groups is 2. The average molecular weight is 1870 g/mol. The van der Waals surface area contributed by atoms with Crippen LogP contribution >= 0.6 is 123 Å². The number of aliphatic hydroxyl groups excluding tert-OH is 2. The zero-order chi connectivity index (χ0) is 62.4. The van der Waals surface area contributed by atoms with Gasteiger partial charge < -0.3 is 57.6 Å². The predicted octanol–water partition coefficient (Wildman–Crippen LogP) is 14.5. The van der Waals surface area contributed by atoms with E-state index in [2.05, 4.69) is 106 Å². The van der Waals surface area contributed by atoms with Gasteiger partial charge in [0.1, 0.15) is 42.7 Å². The molecular formula is C64H74I5O14S2V2. The first-order chi connectivity index (χ1) is 42.3. The van der Waals surface area contributed by atoms with Crippen LogP contribution in [0.25, 0.3) is 0 Å². The minimum atomic E-state index is -1.09. The van der Waals surface area contributed by atoms with E-state index in [9.17, 15) is 19.8 Å². The van der Waals surface area contributed by atoms with Gasteiger partial charge in [-0.05, 0) is 33.4 Å². The number of carbonyl (C=O) groups is 2. The van der Waals surface area contributed by atoms with Crippen molar-refractivity contribution < 1.29 is 81.6 Å². The number of rotatable bonds is 29. The van der Waals surface area contributed by atoms with Gasteiger partial charge in [0.2, 0.25) is 0 Å². The summed E-state index contributed by atoms with van der Waals surface area (Å²) in [6, 6.07) is 59.2. The Morgan fingerprint density at radius 3 is 1.00 bits per heavy atom. The van der Waals surface area contributed by atoms with Crippen LogP contribution in [0.3, 0.4) is 0 Å². The summed E-state index contributed by atoms with van der Waals surface area (Å²) < 4.78 is 64.0. The van der Waals surface area contributed by atoms with Crippen molar-refractivity contribution >= 4 is 134 Å². The molecule has 14 nitrogen and oxygen atoms in total. The van der Waals surface area contributed by atoms with E-state index in [4.69, 9.17) is 47.4 Å². The summed E-state index contributed by atoms with van der Waals surface area (Å²) in [5.41, 5.74) is 6.01. The molecule has 6 aromatic carbocycles. The Morgan fingerprint density at radius 2 is 0.747 bits per heavy atom. The normalized spacial score (nSPS) is 21.8. The molecule has 0 radical (unpaired) electrons. The first kappa shape index (κ1) is 77.1. The molecule has 0 saturated carbocycles. The third-order valence-corrected chi connectivity index (χ3v) is 14.6. The van der Waals surface area contributed by atoms with Crippen molar-refractivity contribution in [3.05, 3.63) is 228 Å². The van der Waals surface area contributed by atoms with Crippen molar-refractivity contribution in [1.82, 2.24) is 0 Å². The molecule has 0 amide bonds. The molecule has 0 bridgehead atoms. The van der Waals surface area contributed by atoms with E-state index in [1.165, 1.54) is 18.7 Å². The number of benzene rings is 6. The Balaban J connectivity index is 0.000000287. The van der Waals surface area contributed by atoms with E-state index in [0.717, 1.165) is 45.1 Å². The summed E-state index contributed by atoms with van der Waals surface area (Å²) in [6.45, 7) is 8.45. The minimum absolute atomic E-state index is 0.00757. The van der Waals surface area contributed by atoms with Gasteiger partial charge >= 0.3 is 114 Å². The summed E-state index contributed by atoms with van der Waals surface area (Å²) >= 11 is 14.5. The molecular weight excluding hydrogens is 1790 g/mol. The molecule has 2 fully saturated rings. The first-order valence-electron chi connectivity index (χ1n) is 27.7. The molecule has 0 aliphatic carbocycles. The third kappa shape index (κ3) is 31.0. The van der Waals surface area contributed by atoms with E-state index in [1.807, 2.05) is 182 Å². The topological polar surface area (TPSA) is 167 Å². The van der Waals surface area contributed by atoms with Crippen LogP contribution in [0.1, 0.15) is 47.2 Å². The SMILES string of the molecule is C=CCOC1OC(CSC(C)=O)C(OCc2ccccc2)C(OCc2ccccc2)C1OCc1ccccc1.CC(=O)SCC1OC(OCC(O)CO)C(OCc2ccccc2)C(OCc2ccccc2)C1OCc1ccccc1.[I][V]([I])[I].[I][V][I]. The van der Waals surface area contributed by atoms with Crippen molar-refractivity contribution in [2.45, 2.75) is 121 Å². The molecule has 2 aliphatic rings. The molecule has 8 rings (SSSR count). The Hall–Kier alpha value is -0.561. The maximum atomic E-state index is 11.9. The monoisotopic (exact) mass is 1870 g/mol. The van der Waals surface area contributed by atoms with Crippen molar-refractivity contribution in [1.29, 1.82) is 0 Å². The summed E-state index contributed by atoms with van der Waals surface area (Å²) in [5.74, 6) is 0.715. The number of aliphatic hydroxyl groups is 2. The quantitative estimate of drug-likeness (QED) is 0.0336. The van der Waals surface area contributed by atoms with E-state index in [0.29, 0.717) is 54.0 Å². The Kier molecular flexibility index (Phi) is 41.2. The van der Waals surface area contributed by atoms with Crippen molar-refractivity contribution in [2.75, 3.05) is 31.3 Å². The molecule has 2 aliphatic heterocycles. The molecule has 471 valence electrons. The van der Waals surface area contributed by atoms with E-state index >= 15 is 0 Å². The fraction of sp³-hybridized carbons (Fsp3) is 0.375. The van der Waals surface area contributed by atoms with Crippen LogP contribution in [0.4, 0.5) is 0 Å². The Bertz CT molecular complexity index is 2750. The number of halogens is 5. The van der Waals surface area contributed by atoms with Gasteiger partial charge in [0.05, 0.1) is 71.7 Å². The van der Waals surface area contributed by atoms with Gasteiger partial charge in [-0.1, -0.05) is 212 Å². The number of carbonyl (C=O) groups excluding carboxylic acids is 2. The standard InChI is InChI=1S/C32H38O8S.C32H36O6S.5HI.2V/c1-23(34)41-22-28-29(36-18-24-11-5-2-6-12-24)30(37-19-25-13-7-3-8-14-25)31(32(40-28)39-21-27(35)17-33)38-20-26-15-9-4-10-16-26;1-3-19-34-32-31(37-22-27-17-11-6-12-18-27)30(36-21-26-15-9-5-10-16-26)29(28(38-32)23-39-24(2)33)35-20-25-13-7-4-8-14-25;;;;;;;/h2-16,27-33,35H,17-22H2,1H3;3-18,28-32H,1,19-23H2,2H3;5*1H;;/q;;;;;;;+2;+3/p-5. The fourth-order valence-electron chi connectivity index (χ4n) is 8.85. The van der Waals surface area contributed by atoms with Crippen LogP contribution in [0.5, 0.6) is 0 Å². The van der Waals surface area contributed by atoms with Crippen LogP contribution in [-0.4, -0.2) is 119 Å². The molecule has 2 saturated heterocycles. The number of hydrogen-bond donors (Lipinski definition) is 2. The maximum absolute atomic E-state index is 11.9. The van der Waals surface area contributed by atoms with Gasteiger partial charge in [-0.3, -0.25) is 9.59 Å². The van der Waals surface area contributed by atoms with Gasteiger partial charge in [-0.2, -0.15) is 0 Å². The van der Waals surface area contributed by atoms with Crippen LogP contribution in [0.2, 0.25) is 0 Å². The molecule has 2 N–H and O–H groups in total. The van der Waals surface area contributed by atoms with Gasteiger partial charge in [0.15, 0.2) is 22.8 Å². The fourth-order valence-corrected chi connectivity index (χ4v) is 10.2. The predicted molar refractivity (Wildman–Crippen MR) is 379 cm³/mol. The van der Waals surface area contributed by atoms with E-state index < -0.39 is 74.1 Å². The zero-order valence-corrected chi connectivity index (χ0v) is 63.3. The molecule has 87 heavy (non-hydrogen) atoms. The Morgan fingerprint density at radius 1 is 0.494 bits per heavy atom. The molecule has 23 heteroatoms. The molecule has 2 heterocycles. The van der Waals surface area contributed by atoms with Crippen LogP contribution in [-0.2, 0) is 111 Å². The van der Waals surface area contributed by atoms with Crippen molar-refractivity contribution in [2.24, 2.45) is 0 Å². The zero-order valence-electron chi connectivity index (χ0n) is 48.1. The van der Waals surface area contributed by atoms with Crippen LogP contribution in [0, 0.1) is 0 Å². The summed E-state index contributed by atoms with van der Waals surface area (Å²) in [6.07, 6.45) is -5.77. The molecule has 0 spiro atoms. The summed E-state index contributed by atoms with van der Waals surface area (Å²) in [7, 11) is 0.628. The molecule has 6 aromatic rings. The second-order valence-electron chi connectivity index (χ2n) is 19.3. The van der Waals surface area contributed by atoms with Gasteiger partial charge in [0.25, 0.3) is 0 Å². The van der Waals surface area contributed by atoms with Gasteiger partial charge in [-0.15, -0.1) is 6.58 Å². The van der Waals surface area contributed by atoms with Gasteiger partial charge in [-0.25, -0.2) is 0 Å². The molecule has 0 aromatic heterocycles. The second kappa shape index (κ2) is 46.5. The van der Waals surface area contributed by atoms with E-state index in [-0.39, 0.29) is 35.0 Å². The average Bonchev–Trinajstić information content (AvgIpc) is 1.43. The van der Waals surface area contributed by atoms with Crippen molar-refractivity contribution in [3.63, 3.8) is 0 Å². The molecule has 11 atom stereocenters. The number of hydrogen-bond acceptors (Lipinski definition) is 16. The van der Waals surface area contributed by atoms with Crippen LogP contribution < -0.4 is 0 Å². The third-order valence-electron chi connectivity index (χ3n) is 12.8. The first-order valence-corrected chi connectivity index (χ1v) is 52.2. The second-order valence-corrected chi connectivity index (χ2v) is 68.9. The van der Waals surface area contributed by atoms with E-state index in [1.54, 1.807) is 13.0 Å². The Labute approximate surface area is 588 Å². The summed E-state index contributed by atoms with van der Waals surface area (Å²) in [4.78, 5) is 23.6. The summed E-state index contributed by atoms with van der Waals surface area (Å²) in [5, 5.41) is 19.4.